The lowest BCUT2D eigenvalue weighted by Crippen LogP contribution is -2.50. The molecule has 8 nitrogen and oxygen atoms in total. The first-order chi connectivity index (χ1) is 12.4. The molecule has 1 unspecified atom stereocenters. The molecule has 1 aliphatic heterocycles. The van der Waals surface area contributed by atoms with Gasteiger partial charge in [-0.2, -0.15) is 0 Å². The van der Waals surface area contributed by atoms with Crippen LogP contribution in [0.1, 0.15) is 33.3 Å². The highest BCUT2D eigenvalue weighted by Gasteiger charge is 2.37. The van der Waals surface area contributed by atoms with Crippen molar-refractivity contribution in [3.05, 3.63) is 46.7 Å². The van der Waals surface area contributed by atoms with Crippen molar-refractivity contribution in [2.24, 2.45) is 0 Å². The molecule has 4 rings (SSSR count). The van der Waals surface area contributed by atoms with Crippen LogP contribution in [-0.2, 0) is 17.9 Å². The summed E-state index contributed by atoms with van der Waals surface area (Å²) in [7, 11) is 0. The standard InChI is InChI=1S/C18H19N5O3/c1-9-4-5-13-12(10(9)2)6-14(19-13)17(24)23-8-16-21-20-11(3)22(16)7-15(23)18(25)26/h4-6,15,19H,7-8H2,1-3H3,(H,25,26). The summed E-state index contributed by atoms with van der Waals surface area (Å²) < 4.78 is 1.75. The summed E-state index contributed by atoms with van der Waals surface area (Å²) in [6, 6.07) is 4.76. The Labute approximate surface area is 149 Å². The maximum Gasteiger partial charge on any atom is 0.328 e. The van der Waals surface area contributed by atoms with Gasteiger partial charge in [-0.25, -0.2) is 4.79 Å². The summed E-state index contributed by atoms with van der Waals surface area (Å²) in [5, 5.41) is 18.6. The summed E-state index contributed by atoms with van der Waals surface area (Å²) in [5.74, 6) is -0.149. The van der Waals surface area contributed by atoms with Gasteiger partial charge in [0, 0.05) is 10.9 Å². The average molecular weight is 353 g/mol. The van der Waals surface area contributed by atoms with Crippen molar-refractivity contribution in [3.63, 3.8) is 0 Å². The van der Waals surface area contributed by atoms with E-state index in [2.05, 4.69) is 15.2 Å². The molecule has 0 saturated heterocycles. The quantitative estimate of drug-likeness (QED) is 0.731. The normalized spacial score (nSPS) is 16.7. The lowest BCUT2D eigenvalue weighted by molar-refractivity contribution is -0.143. The topological polar surface area (TPSA) is 104 Å². The smallest absolute Gasteiger partial charge is 0.328 e. The van der Waals surface area contributed by atoms with Crippen LogP contribution in [0.5, 0.6) is 0 Å². The number of benzene rings is 1. The van der Waals surface area contributed by atoms with E-state index in [0.29, 0.717) is 17.3 Å². The van der Waals surface area contributed by atoms with E-state index in [1.54, 1.807) is 17.6 Å². The monoisotopic (exact) mass is 353 g/mol. The molecule has 0 radical (unpaired) electrons. The number of aromatic amines is 1. The van der Waals surface area contributed by atoms with Crippen LogP contribution in [0.15, 0.2) is 18.2 Å². The van der Waals surface area contributed by atoms with Crippen LogP contribution in [0.4, 0.5) is 0 Å². The summed E-state index contributed by atoms with van der Waals surface area (Å²) in [6.07, 6.45) is 0. The summed E-state index contributed by atoms with van der Waals surface area (Å²) in [4.78, 5) is 29.3. The van der Waals surface area contributed by atoms with Crippen molar-refractivity contribution >= 4 is 22.8 Å². The van der Waals surface area contributed by atoms with Crippen LogP contribution in [0, 0.1) is 20.8 Å². The zero-order valence-corrected chi connectivity index (χ0v) is 14.8. The third-order valence-electron chi connectivity index (χ3n) is 5.18. The van der Waals surface area contributed by atoms with Crippen molar-refractivity contribution in [1.82, 2.24) is 24.6 Å². The first-order valence-corrected chi connectivity index (χ1v) is 8.38. The maximum absolute atomic E-state index is 13.1. The number of aryl methyl sites for hydroxylation is 3. The van der Waals surface area contributed by atoms with Crippen molar-refractivity contribution in [3.8, 4) is 0 Å². The SMILES string of the molecule is Cc1ccc2[nH]c(C(=O)N3Cc4nnc(C)n4CC3C(=O)O)cc2c1C. The molecule has 1 aromatic carbocycles. The number of carboxylic acid groups (broad SMARTS) is 1. The van der Waals surface area contributed by atoms with Crippen LogP contribution in [0.3, 0.4) is 0 Å². The molecular weight excluding hydrogens is 334 g/mol. The molecule has 0 aliphatic carbocycles. The Morgan fingerprint density at radius 2 is 2.00 bits per heavy atom. The Balaban J connectivity index is 1.75. The highest BCUT2D eigenvalue weighted by Crippen LogP contribution is 2.25. The number of H-pyrrole nitrogens is 1. The number of amides is 1. The Kier molecular flexibility index (Phi) is 3.57. The Bertz CT molecular complexity index is 1050. The van der Waals surface area contributed by atoms with Crippen molar-refractivity contribution in [2.75, 3.05) is 0 Å². The van der Waals surface area contributed by atoms with Crippen molar-refractivity contribution in [2.45, 2.75) is 39.9 Å². The molecular formula is C18H19N5O3. The average Bonchev–Trinajstić information content (AvgIpc) is 3.21. The van der Waals surface area contributed by atoms with Gasteiger partial charge in [0.1, 0.15) is 17.6 Å². The first-order valence-electron chi connectivity index (χ1n) is 8.38. The molecule has 3 aromatic rings. The second kappa shape index (κ2) is 5.69. The molecule has 0 fully saturated rings. The second-order valence-corrected chi connectivity index (χ2v) is 6.71. The highest BCUT2D eigenvalue weighted by molar-refractivity contribution is 6.00. The van der Waals surface area contributed by atoms with E-state index in [9.17, 15) is 14.7 Å². The molecule has 1 aliphatic rings. The fourth-order valence-corrected chi connectivity index (χ4v) is 3.47. The molecule has 0 saturated carbocycles. The Morgan fingerprint density at radius 1 is 1.23 bits per heavy atom. The van der Waals surface area contributed by atoms with Crippen LogP contribution in [0.25, 0.3) is 10.9 Å². The number of nitrogens with one attached hydrogen (secondary N) is 1. The van der Waals surface area contributed by atoms with Crippen LogP contribution >= 0.6 is 0 Å². The van der Waals surface area contributed by atoms with E-state index in [1.165, 1.54) is 4.90 Å². The number of hydrogen-bond acceptors (Lipinski definition) is 4. The molecule has 1 atom stereocenters. The van der Waals surface area contributed by atoms with E-state index in [1.807, 2.05) is 26.0 Å². The van der Waals surface area contributed by atoms with Gasteiger partial charge in [-0.3, -0.25) is 4.79 Å². The number of fused-ring (bicyclic) bond motifs is 2. The molecule has 1 amide bonds. The number of carbonyl (C=O) groups excluding carboxylic acids is 1. The van der Waals surface area contributed by atoms with E-state index in [-0.39, 0.29) is 19.0 Å². The van der Waals surface area contributed by atoms with Gasteiger partial charge in [-0.05, 0) is 44.0 Å². The lowest BCUT2D eigenvalue weighted by atomic mass is 10.1. The number of carbonyl (C=O) groups is 2. The van der Waals surface area contributed by atoms with Crippen molar-refractivity contribution < 1.29 is 14.7 Å². The number of aromatic nitrogens is 4. The molecule has 0 spiro atoms. The van der Waals surface area contributed by atoms with E-state index >= 15 is 0 Å². The predicted molar refractivity (Wildman–Crippen MR) is 93.8 cm³/mol. The minimum atomic E-state index is -1.04. The zero-order valence-electron chi connectivity index (χ0n) is 14.8. The van der Waals surface area contributed by atoms with Gasteiger partial charge in [-0.1, -0.05) is 6.07 Å². The Morgan fingerprint density at radius 3 is 2.73 bits per heavy atom. The number of carboxylic acids is 1. The van der Waals surface area contributed by atoms with Gasteiger partial charge in [0.2, 0.25) is 0 Å². The van der Waals surface area contributed by atoms with Crippen LogP contribution in [0.2, 0.25) is 0 Å². The van der Waals surface area contributed by atoms with E-state index < -0.39 is 12.0 Å². The molecule has 3 heterocycles. The van der Waals surface area contributed by atoms with Gasteiger partial charge in [0.15, 0.2) is 5.82 Å². The van der Waals surface area contributed by atoms with Gasteiger partial charge in [-0.15, -0.1) is 10.2 Å². The van der Waals surface area contributed by atoms with E-state index in [0.717, 1.165) is 22.0 Å². The van der Waals surface area contributed by atoms with Crippen molar-refractivity contribution in [1.29, 1.82) is 0 Å². The Hall–Kier alpha value is -3.16. The summed E-state index contributed by atoms with van der Waals surface area (Å²) in [5.41, 5.74) is 3.48. The molecule has 0 bridgehead atoms. The number of aliphatic carboxylic acids is 1. The van der Waals surface area contributed by atoms with Crippen LogP contribution in [-0.4, -0.2) is 47.7 Å². The fourth-order valence-electron chi connectivity index (χ4n) is 3.47. The third kappa shape index (κ3) is 2.37. The molecule has 26 heavy (non-hydrogen) atoms. The third-order valence-corrected chi connectivity index (χ3v) is 5.18. The van der Waals surface area contributed by atoms with Gasteiger partial charge in [0.25, 0.3) is 5.91 Å². The zero-order chi connectivity index (χ0) is 18.6. The van der Waals surface area contributed by atoms with Gasteiger partial charge >= 0.3 is 5.97 Å². The minimum absolute atomic E-state index is 0.115. The van der Waals surface area contributed by atoms with Gasteiger partial charge < -0.3 is 19.6 Å². The van der Waals surface area contributed by atoms with Gasteiger partial charge in [0.05, 0.1) is 13.1 Å². The molecule has 2 N–H and O–H groups in total. The maximum atomic E-state index is 13.1. The second-order valence-electron chi connectivity index (χ2n) is 6.71. The molecule has 2 aromatic heterocycles. The minimum Gasteiger partial charge on any atom is -0.480 e. The number of nitrogens with zero attached hydrogens (tertiary/aromatic N) is 4. The highest BCUT2D eigenvalue weighted by atomic mass is 16.4. The van der Waals surface area contributed by atoms with E-state index in [4.69, 9.17) is 0 Å². The number of rotatable bonds is 2. The summed E-state index contributed by atoms with van der Waals surface area (Å²) >= 11 is 0. The predicted octanol–water partition coefficient (Wildman–Crippen LogP) is 1.79. The lowest BCUT2D eigenvalue weighted by Gasteiger charge is -2.33. The largest absolute Gasteiger partial charge is 0.480 e. The molecule has 8 heteroatoms. The fraction of sp³-hybridized carbons (Fsp3) is 0.333. The summed E-state index contributed by atoms with van der Waals surface area (Å²) in [6.45, 7) is 6.06. The first kappa shape index (κ1) is 16.3. The van der Waals surface area contributed by atoms with Crippen LogP contribution < -0.4 is 0 Å². The molecule has 134 valence electrons. The number of hydrogen-bond donors (Lipinski definition) is 2.